The SMILES string of the molecule is CC(C)N1CCC[C@@H]1c1ccc(N(C)C)nc1. The molecule has 0 bridgehead atoms. The number of hydrogen-bond donors (Lipinski definition) is 0. The Labute approximate surface area is 104 Å². The standard InChI is InChI=1S/C14H23N3/c1-11(2)17-9-5-6-13(17)12-7-8-14(15-10-12)16(3)4/h7-8,10-11,13H,5-6,9H2,1-4H3/t13-/m1/s1. The van der Waals surface area contributed by atoms with Crippen LogP contribution in [0.1, 0.15) is 38.3 Å². The van der Waals surface area contributed by atoms with E-state index in [2.05, 4.69) is 35.9 Å². The predicted octanol–water partition coefficient (Wildman–Crippen LogP) is 2.69. The summed E-state index contributed by atoms with van der Waals surface area (Å²) in [5.41, 5.74) is 1.36. The summed E-state index contributed by atoms with van der Waals surface area (Å²) in [6.45, 7) is 5.78. The number of rotatable bonds is 3. The van der Waals surface area contributed by atoms with Gasteiger partial charge in [-0.15, -0.1) is 0 Å². The number of anilines is 1. The normalized spacial score (nSPS) is 21.1. The van der Waals surface area contributed by atoms with E-state index < -0.39 is 0 Å². The Hall–Kier alpha value is -1.09. The molecule has 17 heavy (non-hydrogen) atoms. The molecule has 1 aromatic rings. The molecule has 0 spiro atoms. The van der Waals surface area contributed by atoms with E-state index in [1.165, 1.54) is 24.9 Å². The maximum absolute atomic E-state index is 4.52. The minimum Gasteiger partial charge on any atom is -0.363 e. The van der Waals surface area contributed by atoms with Crippen molar-refractivity contribution in [2.24, 2.45) is 0 Å². The summed E-state index contributed by atoms with van der Waals surface area (Å²) in [5, 5.41) is 0. The van der Waals surface area contributed by atoms with Crippen molar-refractivity contribution in [2.75, 3.05) is 25.5 Å². The molecular formula is C14H23N3. The molecule has 0 unspecified atom stereocenters. The molecule has 0 aliphatic carbocycles. The van der Waals surface area contributed by atoms with Crippen molar-refractivity contribution in [3.05, 3.63) is 23.9 Å². The monoisotopic (exact) mass is 233 g/mol. The van der Waals surface area contributed by atoms with Gasteiger partial charge < -0.3 is 4.90 Å². The third-order valence-electron chi connectivity index (χ3n) is 3.57. The van der Waals surface area contributed by atoms with Crippen LogP contribution in [-0.4, -0.2) is 36.6 Å². The molecule has 1 aromatic heterocycles. The van der Waals surface area contributed by atoms with Crippen LogP contribution in [0.15, 0.2) is 18.3 Å². The lowest BCUT2D eigenvalue weighted by atomic mass is 10.1. The summed E-state index contributed by atoms with van der Waals surface area (Å²) in [7, 11) is 4.05. The van der Waals surface area contributed by atoms with Gasteiger partial charge in [0, 0.05) is 32.4 Å². The van der Waals surface area contributed by atoms with Crippen LogP contribution in [0, 0.1) is 0 Å². The number of pyridine rings is 1. The second-order valence-corrected chi connectivity index (χ2v) is 5.33. The smallest absolute Gasteiger partial charge is 0.127 e. The van der Waals surface area contributed by atoms with Gasteiger partial charge in [0.05, 0.1) is 0 Å². The van der Waals surface area contributed by atoms with Gasteiger partial charge in [0.25, 0.3) is 0 Å². The number of aromatic nitrogens is 1. The Kier molecular flexibility index (Phi) is 3.67. The molecule has 0 N–H and O–H groups in total. The van der Waals surface area contributed by atoms with Crippen LogP contribution in [0.4, 0.5) is 5.82 Å². The van der Waals surface area contributed by atoms with Gasteiger partial charge in [0.2, 0.25) is 0 Å². The van der Waals surface area contributed by atoms with Crippen LogP contribution in [0.3, 0.4) is 0 Å². The van der Waals surface area contributed by atoms with Gasteiger partial charge in [-0.1, -0.05) is 6.07 Å². The fourth-order valence-electron chi connectivity index (χ4n) is 2.62. The van der Waals surface area contributed by atoms with E-state index in [1.807, 2.05) is 25.2 Å². The molecular weight excluding hydrogens is 210 g/mol. The average Bonchev–Trinajstić information content (AvgIpc) is 2.78. The quantitative estimate of drug-likeness (QED) is 0.800. The fraction of sp³-hybridized carbons (Fsp3) is 0.643. The summed E-state index contributed by atoms with van der Waals surface area (Å²) >= 11 is 0. The van der Waals surface area contributed by atoms with Gasteiger partial charge in [-0.3, -0.25) is 4.90 Å². The molecule has 2 heterocycles. The second-order valence-electron chi connectivity index (χ2n) is 5.33. The molecule has 1 aliphatic rings. The van der Waals surface area contributed by atoms with Crippen LogP contribution in [-0.2, 0) is 0 Å². The lowest BCUT2D eigenvalue weighted by Gasteiger charge is -2.28. The Morgan fingerprint density at radius 1 is 1.35 bits per heavy atom. The van der Waals surface area contributed by atoms with Gasteiger partial charge in [-0.2, -0.15) is 0 Å². The van der Waals surface area contributed by atoms with Crippen molar-refractivity contribution in [2.45, 2.75) is 38.8 Å². The summed E-state index contributed by atoms with van der Waals surface area (Å²) in [6, 6.07) is 5.54. The maximum atomic E-state index is 4.52. The van der Waals surface area contributed by atoms with Crippen molar-refractivity contribution in [1.29, 1.82) is 0 Å². The van der Waals surface area contributed by atoms with E-state index >= 15 is 0 Å². The molecule has 1 saturated heterocycles. The minimum absolute atomic E-state index is 0.568. The molecule has 94 valence electrons. The first-order valence-corrected chi connectivity index (χ1v) is 6.48. The van der Waals surface area contributed by atoms with Crippen molar-refractivity contribution >= 4 is 5.82 Å². The summed E-state index contributed by atoms with van der Waals surface area (Å²) in [4.78, 5) is 9.13. The highest BCUT2D eigenvalue weighted by Crippen LogP contribution is 2.33. The average molecular weight is 233 g/mol. The first kappa shape index (κ1) is 12.4. The highest BCUT2D eigenvalue weighted by molar-refractivity contribution is 5.37. The van der Waals surface area contributed by atoms with Gasteiger partial charge in [-0.25, -0.2) is 4.98 Å². The molecule has 0 aromatic carbocycles. The zero-order valence-corrected chi connectivity index (χ0v) is 11.3. The lowest BCUT2D eigenvalue weighted by Crippen LogP contribution is -2.30. The minimum atomic E-state index is 0.568. The summed E-state index contributed by atoms with van der Waals surface area (Å²) < 4.78 is 0. The maximum Gasteiger partial charge on any atom is 0.127 e. The first-order chi connectivity index (χ1) is 8.09. The van der Waals surface area contributed by atoms with Gasteiger partial charge >= 0.3 is 0 Å². The summed E-state index contributed by atoms with van der Waals surface area (Å²) in [6.07, 6.45) is 4.61. The van der Waals surface area contributed by atoms with Crippen LogP contribution in [0.2, 0.25) is 0 Å². The van der Waals surface area contributed by atoms with E-state index in [1.54, 1.807) is 0 Å². The van der Waals surface area contributed by atoms with Crippen molar-refractivity contribution < 1.29 is 0 Å². The van der Waals surface area contributed by atoms with E-state index in [9.17, 15) is 0 Å². The molecule has 0 radical (unpaired) electrons. The number of nitrogens with zero attached hydrogens (tertiary/aromatic N) is 3. The Balaban J connectivity index is 2.16. The van der Waals surface area contributed by atoms with Crippen LogP contribution >= 0.6 is 0 Å². The summed E-state index contributed by atoms with van der Waals surface area (Å²) in [5.74, 6) is 1.03. The number of hydrogen-bond acceptors (Lipinski definition) is 3. The van der Waals surface area contributed by atoms with E-state index in [-0.39, 0.29) is 0 Å². The molecule has 1 atom stereocenters. The zero-order valence-electron chi connectivity index (χ0n) is 11.3. The first-order valence-electron chi connectivity index (χ1n) is 6.48. The number of likely N-dealkylation sites (tertiary alicyclic amines) is 1. The predicted molar refractivity (Wildman–Crippen MR) is 72.4 cm³/mol. The van der Waals surface area contributed by atoms with Gasteiger partial charge in [0.15, 0.2) is 0 Å². The van der Waals surface area contributed by atoms with E-state index in [4.69, 9.17) is 0 Å². The molecule has 1 aliphatic heterocycles. The molecule has 0 amide bonds. The topological polar surface area (TPSA) is 19.4 Å². The third kappa shape index (κ3) is 2.60. The highest BCUT2D eigenvalue weighted by Gasteiger charge is 2.27. The molecule has 3 nitrogen and oxygen atoms in total. The van der Waals surface area contributed by atoms with E-state index in [0.717, 1.165) is 5.82 Å². The molecule has 1 fully saturated rings. The van der Waals surface area contributed by atoms with Crippen molar-refractivity contribution in [1.82, 2.24) is 9.88 Å². The van der Waals surface area contributed by atoms with Crippen LogP contribution in [0.25, 0.3) is 0 Å². The van der Waals surface area contributed by atoms with Crippen molar-refractivity contribution in [3.63, 3.8) is 0 Å². The largest absolute Gasteiger partial charge is 0.363 e. The zero-order chi connectivity index (χ0) is 12.4. The van der Waals surface area contributed by atoms with Crippen LogP contribution in [0.5, 0.6) is 0 Å². The molecule has 0 saturated carbocycles. The lowest BCUT2D eigenvalue weighted by molar-refractivity contribution is 0.205. The highest BCUT2D eigenvalue weighted by atomic mass is 15.2. The Morgan fingerprint density at radius 3 is 2.65 bits per heavy atom. The van der Waals surface area contributed by atoms with Crippen molar-refractivity contribution in [3.8, 4) is 0 Å². The second kappa shape index (κ2) is 5.05. The Morgan fingerprint density at radius 2 is 2.12 bits per heavy atom. The van der Waals surface area contributed by atoms with Gasteiger partial charge in [0.1, 0.15) is 5.82 Å². The molecule has 3 heteroatoms. The van der Waals surface area contributed by atoms with E-state index in [0.29, 0.717) is 12.1 Å². The Bertz CT molecular complexity index is 356. The fourth-order valence-corrected chi connectivity index (χ4v) is 2.62. The van der Waals surface area contributed by atoms with Gasteiger partial charge in [-0.05, 0) is 44.9 Å². The third-order valence-corrected chi connectivity index (χ3v) is 3.57. The molecule has 2 rings (SSSR count). The van der Waals surface area contributed by atoms with Crippen LogP contribution < -0.4 is 4.90 Å².